The molecule has 0 heterocycles. The summed E-state index contributed by atoms with van der Waals surface area (Å²) >= 11 is 2.19. The van der Waals surface area contributed by atoms with Crippen molar-refractivity contribution >= 4 is 45.8 Å². The van der Waals surface area contributed by atoms with Gasteiger partial charge in [-0.25, -0.2) is 5.43 Å². The van der Waals surface area contributed by atoms with E-state index < -0.39 is 11.8 Å². The second kappa shape index (κ2) is 9.31. The van der Waals surface area contributed by atoms with Crippen molar-refractivity contribution in [3.8, 4) is 0 Å². The summed E-state index contributed by atoms with van der Waals surface area (Å²) < 4.78 is 1.07. The van der Waals surface area contributed by atoms with Crippen molar-refractivity contribution in [3.05, 3.63) is 63.2 Å². The zero-order chi connectivity index (χ0) is 18.2. The van der Waals surface area contributed by atoms with Gasteiger partial charge in [0.25, 0.3) is 0 Å². The maximum Gasteiger partial charge on any atom is 0.329 e. The first-order chi connectivity index (χ1) is 12.0. The molecule has 0 unspecified atom stereocenters. The highest BCUT2D eigenvalue weighted by atomic mass is 127. The number of hydrogen-bond acceptors (Lipinski definition) is 3. The Kier molecular flexibility index (Phi) is 7.12. The van der Waals surface area contributed by atoms with Crippen LogP contribution in [0.4, 0.5) is 5.69 Å². The molecule has 0 aliphatic heterocycles. The van der Waals surface area contributed by atoms with Crippen molar-refractivity contribution in [1.82, 2.24) is 5.43 Å². The predicted molar refractivity (Wildman–Crippen MR) is 109 cm³/mol. The molecule has 25 heavy (non-hydrogen) atoms. The number of amides is 2. The average Bonchev–Trinajstić information content (AvgIpc) is 2.61. The van der Waals surface area contributed by atoms with Gasteiger partial charge in [0.2, 0.25) is 0 Å². The molecular weight excluding hydrogens is 429 g/mol. The third-order valence-electron chi connectivity index (χ3n) is 3.61. The number of rotatable bonds is 5. The number of anilines is 1. The molecule has 2 N–H and O–H groups in total. The van der Waals surface area contributed by atoms with Crippen LogP contribution >= 0.6 is 22.6 Å². The van der Waals surface area contributed by atoms with Gasteiger partial charge in [-0.05, 0) is 78.6 Å². The number of halogens is 1. The van der Waals surface area contributed by atoms with Crippen LogP contribution in [0.5, 0.6) is 0 Å². The Balaban J connectivity index is 1.84. The Morgan fingerprint density at radius 3 is 2.48 bits per heavy atom. The number of aryl methyl sites for hydroxylation is 2. The van der Waals surface area contributed by atoms with Crippen LogP contribution in [-0.4, -0.2) is 17.5 Å². The zero-order valence-electron chi connectivity index (χ0n) is 14.2. The van der Waals surface area contributed by atoms with Crippen LogP contribution in [0.2, 0.25) is 0 Å². The van der Waals surface area contributed by atoms with Crippen LogP contribution in [-0.2, 0) is 16.0 Å². The first-order valence-corrected chi connectivity index (χ1v) is 8.98. The summed E-state index contributed by atoms with van der Waals surface area (Å²) in [4.78, 5) is 23.8. The van der Waals surface area contributed by atoms with Gasteiger partial charge in [-0.1, -0.05) is 30.3 Å². The minimum atomic E-state index is -0.781. The summed E-state index contributed by atoms with van der Waals surface area (Å²) in [5.41, 5.74) is 5.78. The molecule has 0 saturated carbocycles. The molecule has 130 valence electrons. The molecule has 6 heteroatoms. The van der Waals surface area contributed by atoms with Gasteiger partial charge in [-0.15, -0.1) is 0 Å². The number of benzene rings is 2. The van der Waals surface area contributed by atoms with Crippen molar-refractivity contribution in [2.75, 3.05) is 5.32 Å². The average molecular weight is 449 g/mol. The maximum absolute atomic E-state index is 11.9. The van der Waals surface area contributed by atoms with Crippen LogP contribution in [0.1, 0.15) is 24.5 Å². The van der Waals surface area contributed by atoms with E-state index in [-0.39, 0.29) is 0 Å². The zero-order valence-corrected chi connectivity index (χ0v) is 16.3. The number of carbonyl (C=O) groups is 2. The lowest BCUT2D eigenvalue weighted by Gasteiger charge is -2.08. The first-order valence-electron chi connectivity index (χ1n) is 7.90. The molecular formula is C19H20IN3O2. The quantitative estimate of drug-likeness (QED) is 0.317. The lowest BCUT2D eigenvalue weighted by molar-refractivity contribution is -0.136. The summed E-state index contributed by atoms with van der Waals surface area (Å²) in [6, 6.07) is 15.6. The smallest absolute Gasteiger partial charge is 0.317 e. The van der Waals surface area contributed by atoms with Crippen molar-refractivity contribution in [2.24, 2.45) is 5.10 Å². The molecule has 5 nitrogen and oxygen atoms in total. The molecule has 0 bridgehead atoms. The minimum Gasteiger partial charge on any atom is -0.317 e. The van der Waals surface area contributed by atoms with E-state index in [9.17, 15) is 9.59 Å². The largest absolute Gasteiger partial charge is 0.329 e. The van der Waals surface area contributed by atoms with Crippen LogP contribution < -0.4 is 10.7 Å². The molecule has 0 aliphatic rings. The fourth-order valence-electron chi connectivity index (χ4n) is 2.17. The van der Waals surface area contributed by atoms with Crippen LogP contribution in [0.3, 0.4) is 0 Å². The molecule has 0 radical (unpaired) electrons. The lowest BCUT2D eigenvalue weighted by Crippen LogP contribution is -2.33. The molecule has 2 amide bonds. The van der Waals surface area contributed by atoms with Crippen LogP contribution in [0, 0.1) is 10.5 Å². The number of nitrogens with one attached hydrogen (secondary N) is 2. The van der Waals surface area contributed by atoms with E-state index in [0.29, 0.717) is 12.1 Å². The van der Waals surface area contributed by atoms with E-state index in [1.165, 1.54) is 5.56 Å². The molecule has 0 spiro atoms. The third-order valence-corrected chi connectivity index (χ3v) is 4.28. The van der Waals surface area contributed by atoms with Gasteiger partial charge in [0.1, 0.15) is 0 Å². The highest BCUT2D eigenvalue weighted by Crippen LogP contribution is 2.17. The molecule has 0 saturated heterocycles. The SMILES string of the molecule is C/C(CCc1ccccc1)=N/NC(=O)C(=O)Nc1ccc(I)cc1C. The number of hydrogen-bond donors (Lipinski definition) is 2. The third kappa shape index (κ3) is 6.30. The minimum absolute atomic E-state index is 0.616. The summed E-state index contributed by atoms with van der Waals surface area (Å²) in [5.74, 6) is -1.51. The molecule has 0 aliphatic carbocycles. The Labute approximate surface area is 161 Å². The fraction of sp³-hybridized carbons (Fsp3) is 0.211. The van der Waals surface area contributed by atoms with Gasteiger partial charge < -0.3 is 5.32 Å². The van der Waals surface area contributed by atoms with Crippen molar-refractivity contribution in [2.45, 2.75) is 26.7 Å². The first kappa shape index (κ1) is 19.1. The normalized spacial score (nSPS) is 11.1. The topological polar surface area (TPSA) is 70.6 Å². The monoisotopic (exact) mass is 449 g/mol. The molecule has 2 aromatic rings. The summed E-state index contributed by atoms with van der Waals surface area (Å²) in [6.45, 7) is 3.70. The van der Waals surface area contributed by atoms with Gasteiger partial charge in [-0.3, -0.25) is 9.59 Å². The van der Waals surface area contributed by atoms with Gasteiger partial charge in [-0.2, -0.15) is 5.10 Å². The molecule has 2 aromatic carbocycles. The molecule has 0 atom stereocenters. The standard InChI is InChI=1S/C19H20IN3O2/c1-13-12-16(20)10-11-17(13)21-18(24)19(25)23-22-14(2)8-9-15-6-4-3-5-7-15/h3-7,10-12H,8-9H2,1-2H3,(H,21,24)(H,23,25)/b22-14-. The predicted octanol–water partition coefficient (Wildman–Crippen LogP) is 3.66. The molecule has 2 rings (SSSR count). The van der Waals surface area contributed by atoms with Crippen molar-refractivity contribution in [1.29, 1.82) is 0 Å². The molecule has 0 aromatic heterocycles. The van der Waals surface area contributed by atoms with E-state index in [2.05, 4.69) is 38.4 Å². The second-order valence-corrected chi connectivity index (χ2v) is 6.93. The Bertz CT molecular complexity index is 789. The van der Waals surface area contributed by atoms with Crippen molar-refractivity contribution < 1.29 is 9.59 Å². The van der Waals surface area contributed by atoms with E-state index in [1.807, 2.05) is 56.3 Å². The lowest BCUT2D eigenvalue weighted by atomic mass is 10.1. The Morgan fingerprint density at radius 2 is 1.80 bits per heavy atom. The van der Waals surface area contributed by atoms with Gasteiger partial charge in [0.05, 0.1) is 0 Å². The summed E-state index contributed by atoms with van der Waals surface area (Å²) in [7, 11) is 0. The van der Waals surface area contributed by atoms with Crippen LogP contribution in [0.25, 0.3) is 0 Å². The van der Waals surface area contributed by atoms with Crippen LogP contribution in [0.15, 0.2) is 53.6 Å². The number of nitrogens with zero attached hydrogens (tertiary/aromatic N) is 1. The van der Waals surface area contributed by atoms with E-state index in [1.54, 1.807) is 6.07 Å². The summed E-state index contributed by atoms with van der Waals surface area (Å²) in [6.07, 6.45) is 1.54. The van der Waals surface area contributed by atoms with Crippen molar-refractivity contribution in [3.63, 3.8) is 0 Å². The van der Waals surface area contributed by atoms with Gasteiger partial charge >= 0.3 is 11.8 Å². The Morgan fingerprint density at radius 1 is 1.08 bits per heavy atom. The highest BCUT2D eigenvalue weighted by molar-refractivity contribution is 14.1. The summed E-state index contributed by atoms with van der Waals surface area (Å²) in [5, 5.41) is 6.59. The van der Waals surface area contributed by atoms with E-state index in [4.69, 9.17) is 0 Å². The van der Waals surface area contributed by atoms with Gasteiger partial charge in [0.15, 0.2) is 0 Å². The van der Waals surface area contributed by atoms with E-state index >= 15 is 0 Å². The second-order valence-electron chi connectivity index (χ2n) is 5.69. The molecule has 0 fully saturated rings. The maximum atomic E-state index is 11.9. The number of carbonyl (C=O) groups excluding carboxylic acids is 2. The van der Waals surface area contributed by atoms with Gasteiger partial charge in [0, 0.05) is 15.0 Å². The van der Waals surface area contributed by atoms with E-state index in [0.717, 1.165) is 21.3 Å². The fourth-order valence-corrected chi connectivity index (χ4v) is 2.82. The Hall–Kier alpha value is -2.22. The number of hydrazone groups is 1. The highest BCUT2D eigenvalue weighted by Gasteiger charge is 2.14.